The summed E-state index contributed by atoms with van der Waals surface area (Å²) in [5, 5.41) is 4.97. The van der Waals surface area contributed by atoms with Crippen LogP contribution in [-0.2, 0) is 6.54 Å². The van der Waals surface area contributed by atoms with E-state index >= 15 is 0 Å². The summed E-state index contributed by atoms with van der Waals surface area (Å²) in [4.78, 5) is 7.04. The van der Waals surface area contributed by atoms with E-state index in [1.54, 1.807) is 0 Å². The number of nitrogens with one attached hydrogen (secondary N) is 1. The number of fused-ring (bicyclic) bond motifs is 1. The molecule has 1 aliphatic carbocycles. The summed E-state index contributed by atoms with van der Waals surface area (Å²) in [6.45, 7) is 5.70. The molecule has 2 unspecified atom stereocenters. The van der Waals surface area contributed by atoms with Gasteiger partial charge in [-0.1, -0.05) is 12.1 Å². The predicted molar refractivity (Wildman–Crippen MR) is 86.1 cm³/mol. The van der Waals surface area contributed by atoms with Crippen LogP contribution in [0.15, 0.2) is 36.5 Å². The second-order valence-corrected chi connectivity index (χ2v) is 6.66. The molecule has 1 saturated carbocycles. The molecule has 0 radical (unpaired) electrons. The van der Waals surface area contributed by atoms with Crippen molar-refractivity contribution in [2.75, 3.05) is 13.1 Å². The zero-order valence-electron chi connectivity index (χ0n) is 12.6. The summed E-state index contributed by atoms with van der Waals surface area (Å²) < 4.78 is 0. The molecule has 2 aromatic rings. The number of rotatable bonds is 3. The highest BCUT2D eigenvalue weighted by atomic mass is 15.2. The molecule has 21 heavy (non-hydrogen) atoms. The lowest BCUT2D eigenvalue weighted by Gasteiger charge is -2.39. The van der Waals surface area contributed by atoms with E-state index in [-0.39, 0.29) is 0 Å². The van der Waals surface area contributed by atoms with E-state index < -0.39 is 0 Å². The van der Waals surface area contributed by atoms with Crippen molar-refractivity contribution in [2.45, 2.75) is 38.4 Å². The minimum absolute atomic E-state index is 0.615. The molecule has 4 rings (SSSR count). The van der Waals surface area contributed by atoms with Crippen LogP contribution < -0.4 is 5.32 Å². The number of aromatic nitrogens is 1. The SMILES string of the molecule is CC1CNC(C2CC2)CN1Cc1ccc2ncccc2c1. The van der Waals surface area contributed by atoms with Gasteiger partial charge in [-0.2, -0.15) is 0 Å². The number of benzene rings is 1. The van der Waals surface area contributed by atoms with Crippen molar-refractivity contribution in [2.24, 2.45) is 5.92 Å². The molecule has 0 amide bonds. The molecule has 110 valence electrons. The van der Waals surface area contributed by atoms with E-state index in [1.807, 2.05) is 12.3 Å². The molecule has 1 aromatic heterocycles. The maximum Gasteiger partial charge on any atom is 0.0702 e. The number of pyridine rings is 1. The minimum atomic E-state index is 0.615. The van der Waals surface area contributed by atoms with Crippen molar-refractivity contribution < 1.29 is 0 Å². The van der Waals surface area contributed by atoms with Crippen LogP contribution in [0.1, 0.15) is 25.3 Å². The lowest BCUT2D eigenvalue weighted by Crippen LogP contribution is -2.55. The third-order valence-electron chi connectivity index (χ3n) is 4.97. The molecule has 1 aliphatic heterocycles. The second-order valence-electron chi connectivity index (χ2n) is 6.66. The van der Waals surface area contributed by atoms with Crippen LogP contribution in [0.5, 0.6) is 0 Å². The van der Waals surface area contributed by atoms with Crippen LogP contribution in [0.3, 0.4) is 0 Å². The highest BCUT2D eigenvalue weighted by Crippen LogP contribution is 2.34. The van der Waals surface area contributed by atoms with Crippen molar-refractivity contribution in [3.63, 3.8) is 0 Å². The maximum atomic E-state index is 4.40. The smallest absolute Gasteiger partial charge is 0.0702 e. The number of hydrogen-bond donors (Lipinski definition) is 1. The van der Waals surface area contributed by atoms with E-state index in [9.17, 15) is 0 Å². The molecule has 2 aliphatic rings. The molecule has 3 nitrogen and oxygen atoms in total. The fourth-order valence-electron chi connectivity index (χ4n) is 3.44. The van der Waals surface area contributed by atoms with Gasteiger partial charge < -0.3 is 5.32 Å². The van der Waals surface area contributed by atoms with Crippen molar-refractivity contribution in [3.05, 3.63) is 42.1 Å². The first-order chi connectivity index (χ1) is 10.3. The van der Waals surface area contributed by atoms with Gasteiger partial charge in [-0.25, -0.2) is 0 Å². The largest absolute Gasteiger partial charge is 0.311 e. The normalized spacial score (nSPS) is 27.1. The van der Waals surface area contributed by atoms with Gasteiger partial charge in [0.1, 0.15) is 0 Å². The van der Waals surface area contributed by atoms with Gasteiger partial charge in [0.25, 0.3) is 0 Å². The molecule has 3 heteroatoms. The Labute approximate surface area is 126 Å². The summed E-state index contributed by atoms with van der Waals surface area (Å²) in [6.07, 6.45) is 4.70. The standard InChI is InChI=1S/C18H23N3/c1-13-10-20-18(15-5-6-15)12-21(13)11-14-4-7-17-16(9-14)3-2-8-19-17/h2-4,7-9,13,15,18,20H,5-6,10-12H2,1H3. The van der Waals surface area contributed by atoms with Crippen LogP contribution in [0.25, 0.3) is 10.9 Å². The topological polar surface area (TPSA) is 28.2 Å². The molecule has 2 atom stereocenters. The van der Waals surface area contributed by atoms with E-state index in [0.717, 1.165) is 24.5 Å². The molecule has 0 spiro atoms. The molecular weight excluding hydrogens is 258 g/mol. The van der Waals surface area contributed by atoms with Gasteiger partial charge in [-0.15, -0.1) is 0 Å². The number of hydrogen-bond acceptors (Lipinski definition) is 3. The Morgan fingerprint density at radius 1 is 1.29 bits per heavy atom. The average Bonchev–Trinajstić information content (AvgIpc) is 3.34. The Balaban J connectivity index is 1.52. The lowest BCUT2D eigenvalue weighted by molar-refractivity contribution is 0.125. The molecule has 1 N–H and O–H groups in total. The van der Waals surface area contributed by atoms with Crippen molar-refractivity contribution in [3.8, 4) is 0 Å². The first kappa shape index (κ1) is 13.2. The monoisotopic (exact) mass is 281 g/mol. The summed E-state index contributed by atoms with van der Waals surface area (Å²) in [7, 11) is 0. The quantitative estimate of drug-likeness (QED) is 0.937. The van der Waals surface area contributed by atoms with Crippen molar-refractivity contribution in [1.29, 1.82) is 0 Å². The molecule has 1 aromatic carbocycles. The highest BCUT2D eigenvalue weighted by Gasteiger charge is 2.35. The predicted octanol–water partition coefficient (Wildman–Crippen LogP) is 2.81. The molecular formula is C18H23N3. The lowest BCUT2D eigenvalue weighted by atomic mass is 10.0. The van der Waals surface area contributed by atoms with Crippen LogP contribution in [0.2, 0.25) is 0 Å². The third-order valence-corrected chi connectivity index (χ3v) is 4.97. The van der Waals surface area contributed by atoms with Crippen LogP contribution in [0, 0.1) is 5.92 Å². The van der Waals surface area contributed by atoms with E-state index in [0.29, 0.717) is 12.1 Å². The van der Waals surface area contributed by atoms with Crippen molar-refractivity contribution >= 4 is 10.9 Å². The van der Waals surface area contributed by atoms with Crippen LogP contribution in [-0.4, -0.2) is 35.1 Å². The first-order valence-electron chi connectivity index (χ1n) is 8.11. The minimum Gasteiger partial charge on any atom is -0.311 e. The van der Waals surface area contributed by atoms with Gasteiger partial charge in [-0.3, -0.25) is 9.88 Å². The summed E-state index contributed by atoms with van der Waals surface area (Å²) in [6, 6.07) is 12.2. The molecule has 2 fully saturated rings. The highest BCUT2D eigenvalue weighted by molar-refractivity contribution is 5.78. The zero-order valence-corrected chi connectivity index (χ0v) is 12.6. The van der Waals surface area contributed by atoms with Crippen LogP contribution >= 0.6 is 0 Å². The van der Waals surface area contributed by atoms with E-state index in [4.69, 9.17) is 0 Å². The number of piperazine rings is 1. The first-order valence-corrected chi connectivity index (χ1v) is 8.11. The molecule has 2 heterocycles. The van der Waals surface area contributed by atoms with Gasteiger partial charge in [0, 0.05) is 43.3 Å². The average molecular weight is 281 g/mol. The van der Waals surface area contributed by atoms with E-state index in [1.165, 1.54) is 30.3 Å². The Bertz CT molecular complexity index is 635. The Morgan fingerprint density at radius 3 is 3.05 bits per heavy atom. The Morgan fingerprint density at radius 2 is 2.19 bits per heavy atom. The molecule has 0 bridgehead atoms. The van der Waals surface area contributed by atoms with Crippen molar-refractivity contribution in [1.82, 2.24) is 15.2 Å². The maximum absolute atomic E-state index is 4.40. The summed E-state index contributed by atoms with van der Waals surface area (Å²) in [5.41, 5.74) is 2.49. The number of nitrogens with zero attached hydrogens (tertiary/aromatic N) is 2. The van der Waals surface area contributed by atoms with Gasteiger partial charge >= 0.3 is 0 Å². The van der Waals surface area contributed by atoms with E-state index in [2.05, 4.69) is 46.4 Å². The summed E-state index contributed by atoms with van der Waals surface area (Å²) >= 11 is 0. The second kappa shape index (κ2) is 5.39. The third kappa shape index (κ3) is 2.81. The van der Waals surface area contributed by atoms with Gasteiger partial charge in [-0.05, 0) is 49.4 Å². The van der Waals surface area contributed by atoms with Gasteiger partial charge in [0.2, 0.25) is 0 Å². The Hall–Kier alpha value is -1.45. The molecule has 1 saturated heterocycles. The Kier molecular flexibility index (Phi) is 3.40. The zero-order chi connectivity index (χ0) is 14.2. The fraction of sp³-hybridized carbons (Fsp3) is 0.500. The summed E-state index contributed by atoms with van der Waals surface area (Å²) in [5.74, 6) is 0.931. The fourth-order valence-corrected chi connectivity index (χ4v) is 3.44. The van der Waals surface area contributed by atoms with Gasteiger partial charge in [0.15, 0.2) is 0 Å². The van der Waals surface area contributed by atoms with Crippen LogP contribution in [0.4, 0.5) is 0 Å². The van der Waals surface area contributed by atoms with Gasteiger partial charge in [0.05, 0.1) is 5.52 Å².